The highest BCUT2D eigenvalue weighted by Gasteiger charge is 2.28. The zero-order valence-electron chi connectivity index (χ0n) is 12.8. The topological polar surface area (TPSA) is 81.5 Å². The van der Waals surface area contributed by atoms with E-state index >= 15 is 0 Å². The van der Waals surface area contributed by atoms with Gasteiger partial charge >= 0.3 is 0 Å². The molecule has 0 saturated heterocycles. The molecule has 0 aliphatic rings. The van der Waals surface area contributed by atoms with E-state index in [0.717, 1.165) is 19.3 Å². The van der Waals surface area contributed by atoms with Crippen molar-refractivity contribution >= 4 is 24.0 Å². The summed E-state index contributed by atoms with van der Waals surface area (Å²) in [4.78, 5) is 10.6. The van der Waals surface area contributed by atoms with E-state index in [1.54, 1.807) is 26.1 Å². The van der Waals surface area contributed by atoms with Crippen LogP contribution in [0.2, 0.25) is 0 Å². The minimum Gasteiger partial charge on any atom is -0.383 e. The molecule has 0 amide bonds. The molecule has 21 heavy (non-hydrogen) atoms. The monoisotopic (exact) mass is 314 g/mol. The van der Waals surface area contributed by atoms with Crippen LogP contribution in [0.1, 0.15) is 33.1 Å². The van der Waals surface area contributed by atoms with Crippen molar-refractivity contribution in [2.45, 2.75) is 33.1 Å². The molecule has 1 N–H and O–H groups in total. The van der Waals surface area contributed by atoms with Gasteiger partial charge in [-0.1, -0.05) is 19.8 Å². The van der Waals surface area contributed by atoms with E-state index in [0.29, 0.717) is 23.8 Å². The summed E-state index contributed by atoms with van der Waals surface area (Å²) in [5.74, 6) is 0. The Balaban J connectivity index is 3.16. The van der Waals surface area contributed by atoms with Crippen molar-refractivity contribution in [3.63, 3.8) is 0 Å². The van der Waals surface area contributed by atoms with Crippen molar-refractivity contribution in [2.75, 3.05) is 25.1 Å². The molecule has 0 aromatic heterocycles. The number of hydrogen-bond acceptors (Lipinski definition) is 5. The summed E-state index contributed by atoms with van der Waals surface area (Å²) in [7, 11) is -1.41. The van der Waals surface area contributed by atoms with Crippen LogP contribution >= 0.6 is 7.37 Å². The molecule has 7 heteroatoms. The molecule has 0 bridgehead atoms. The maximum absolute atomic E-state index is 13.0. The summed E-state index contributed by atoms with van der Waals surface area (Å²) in [6.45, 7) is 4.17. The Morgan fingerprint density at radius 1 is 1.33 bits per heavy atom. The van der Waals surface area contributed by atoms with Gasteiger partial charge in [0.25, 0.3) is 5.69 Å². The number of hydrogen-bond donors (Lipinski definition) is 1. The molecule has 0 spiro atoms. The van der Waals surface area contributed by atoms with Crippen LogP contribution < -0.4 is 10.6 Å². The van der Waals surface area contributed by atoms with E-state index in [-0.39, 0.29) is 5.69 Å². The van der Waals surface area contributed by atoms with E-state index in [2.05, 4.69) is 12.2 Å². The maximum Gasteiger partial charge on any atom is 0.293 e. The van der Waals surface area contributed by atoms with E-state index in [1.807, 2.05) is 0 Å². The van der Waals surface area contributed by atoms with Crippen LogP contribution in [0.15, 0.2) is 18.2 Å². The lowest BCUT2D eigenvalue weighted by Crippen LogP contribution is -2.12. The Morgan fingerprint density at radius 2 is 2.05 bits per heavy atom. The van der Waals surface area contributed by atoms with Crippen LogP contribution in [-0.2, 0) is 9.09 Å². The minimum atomic E-state index is -3.03. The molecule has 118 valence electrons. The van der Waals surface area contributed by atoms with Gasteiger partial charge < -0.3 is 9.84 Å². The average molecular weight is 314 g/mol. The summed E-state index contributed by atoms with van der Waals surface area (Å²) in [5.41, 5.74) is 0.325. The number of rotatable bonds is 9. The Hall–Kier alpha value is -1.39. The zero-order valence-corrected chi connectivity index (χ0v) is 13.7. The molecule has 1 rings (SSSR count). The molecule has 0 saturated carbocycles. The van der Waals surface area contributed by atoms with E-state index in [4.69, 9.17) is 4.52 Å². The Labute approximate surface area is 125 Å². The molecule has 6 nitrogen and oxygen atoms in total. The second kappa shape index (κ2) is 8.15. The Kier molecular flexibility index (Phi) is 6.85. The van der Waals surface area contributed by atoms with Crippen molar-refractivity contribution < 1.29 is 14.0 Å². The van der Waals surface area contributed by atoms with E-state index in [9.17, 15) is 14.7 Å². The fourth-order valence-corrected chi connectivity index (χ4v) is 4.36. The lowest BCUT2D eigenvalue weighted by atomic mass is 10.3. The van der Waals surface area contributed by atoms with Crippen molar-refractivity contribution in [3.8, 4) is 0 Å². The average Bonchev–Trinajstić information content (AvgIpc) is 2.47. The van der Waals surface area contributed by atoms with Crippen molar-refractivity contribution in [3.05, 3.63) is 28.3 Å². The summed E-state index contributed by atoms with van der Waals surface area (Å²) < 4.78 is 18.5. The highest BCUT2D eigenvalue weighted by Crippen LogP contribution is 2.47. The SMILES string of the molecule is CCCCCP(=O)(OCC)c1ccc(NC)c([N+](=O)[O-])c1. The van der Waals surface area contributed by atoms with Gasteiger partial charge in [-0.25, -0.2) is 0 Å². The molecule has 0 fully saturated rings. The smallest absolute Gasteiger partial charge is 0.293 e. The van der Waals surface area contributed by atoms with Crippen molar-refractivity contribution in [1.29, 1.82) is 0 Å². The van der Waals surface area contributed by atoms with Gasteiger partial charge in [0.1, 0.15) is 5.69 Å². The standard InChI is InChI=1S/C14H23N2O4P/c1-4-6-7-10-21(19,20-5-2)12-8-9-13(15-3)14(11-12)16(17)18/h8-9,11,15H,4-7,10H2,1-3H3. The largest absolute Gasteiger partial charge is 0.383 e. The van der Waals surface area contributed by atoms with E-state index in [1.165, 1.54) is 6.07 Å². The molecule has 0 heterocycles. The first-order valence-corrected chi connectivity index (χ1v) is 8.99. The van der Waals surface area contributed by atoms with Crippen molar-refractivity contribution in [2.24, 2.45) is 0 Å². The first-order valence-electron chi connectivity index (χ1n) is 7.18. The predicted molar refractivity (Wildman–Crippen MR) is 85.9 cm³/mol. The predicted octanol–water partition coefficient (Wildman–Crippen LogP) is 3.77. The van der Waals surface area contributed by atoms with Gasteiger partial charge in [-0.3, -0.25) is 14.7 Å². The third-order valence-corrected chi connectivity index (χ3v) is 5.88. The Bertz CT molecular complexity index is 534. The van der Waals surface area contributed by atoms with Gasteiger partial charge in [0.2, 0.25) is 7.37 Å². The molecule has 1 aromatic carbocycles. The Morgan fingerprint density at radius 3 is 2.57 bits per heavy atom. The minimum absolute atomic E-state index is 0.0783. The zero-order chi connectivity index (χ0) is 15.9. The molecule has 0 aliphatic heterocycles. The first-order chi connectivity index (χ1) is 9.98. The molecule has 1 unspecified atom stereocenters. The number of nitrogens with one attached hydrogen (secondary N) is 1. The second-order valence-electron chi connectivity index (χ2n) is 4.73. The van der Waals surface area contributed by atoms with Crippen LogP contribution in [0.5, 0.6) is 0 Å². The van der Waals surface area contributed by atoms with Crippen LogP contribution in [0.25, 0.3) is 0 Å². The fourth-order valence-electron chi connectivity index (χ4n) is 2.14. The molecule has 1 atom stereocenters. The maximum atomic E-state index is 13.0. The van der Waals surface area contributed by atoms with Gasteiger partial charge in [-0.15, -0.1) is 0 Å². The van der Waals surface area contributed by atoms with Gasteiger partial charge in [-0.2, -0.15) is 0 Å². The number of nitrogens with zero attached hydrogens (tertiary/aromatic N) is 1. The summed E-state index contributed by atoms with van der Waals surface area (Å²) >= 11 is 0. The molecular formula is C14H23N2O4P. The number of anilines is 1. The molecule has 0 aliphatic carbocycles. The van der Waals surface area contributed by atoms with Gasteiger partial charge in [0.05, 0.1) is 11.5 Å². The molecule has 0 radical (unpaired) electrons. The van der Waals surface area contributed by atoms with Crippen LogP contribution in [0.3, 0.4) is 0 Å². The summed E-state index contributed by atoms with van der Waals surface area (Å²) in [6, 6.07) is 4.61. The number of benzene rings is 1. The second-order valence-corrected chi connectivity index (χ2v) is 7.30. The lowest BCUT2D eigenvalue weighted by Gasteiger charge is -2.18. The first kappa shape index (κ1) is 17.7. The van der Waals surface area contributed by atoms with E-state index < -0.39 is 12.3 Å². The van der Waals surface area contributed by atoms with Crippen LogP contribution in [0, 0.1) is 10.1 Å². The van der Waals surface area contributed by atoms with Gasteiger partial charge in [-0.05, 0) is 25.5 Å². The normalized spacial score (nSPS) is 13.7. The quantitative estimate of drug-likeness (QED) is 0.325. The van der Waals surface area contributed by atoms with Crippen molar-refractivity contribution in [1.82, 2.24) is 0 Å². The molecule has 1 aromatic rings. The number of unbranched alkanes of at least 4 members (excludes halogenated alkanes) is 2. The van der Waals surface area contributed by atoms with Gasteiger partial charge in [0.15, 0.2) is 0 Å². The summed E-state index contributed by atoms with van der Waals surface area (Å²) in [6.07, 6.45) is 3.19. The fraction of sp³-hybridized carbons (Fsp3) is 0.571. The third kappa shape index (κ3) is 4.55. The molecular weight excluding hydrogens is 291 g/mol. The van der Waals surface area contributed by atoms with Gasteiger partial charge in [0, 0.05) is 24.6 Å². The lowest BCUT2D eigenvalue weighted by molar-refractivity contribution is -0.383. The number of nitro groups is 1. The number of nitro benzene ring substituents is 1. The highest BCUT2D eigenvalue weighted by atomic mass is 31.2. The van der Waals surface area contributed by atoms with Crippen LogP contribution in [0.4, 0.5) is 11.4 Å². The highest BCUT2D eigenvalue weighted by molar-refractivity contribution is 7.67. The van der Waals surface area contributed by atoms with Crippen LogP contribution in [-0.4, -0.2) is 24.7 Å². The summed E-state index contributed by atoms with van der Waals surface area (Å²) in [5, 5.41) is 14.3. The third-order valence-electron chi connectivity index (χ3n) is 3.23.